The molecule has 0 aliphatic rings. The van der Waals surface area contributed by atoms with Gasteiger partial charge in [-0.2, -0.15) is 0 Å². The molecule has 0 fully saturated rings. The number of nitrogens with zero attached hydrogens (tertiary/aromatic N) is 2. The van der Waals surface area contributed by atoms with Crippen LogP contribution in [0.15, 0.2) is 78.9 Å². The Balaban J connectivity index is 2.06. The normalized spacial score (nSPS) is 12.8. The van der Waals surface area contributed by atoms with Crippen LogP contribution in [0.25, 0.3) is 0 Å². The number of amides is 2. The smallest absolute Gasteiger partial charge is 0.244 e. The molecular formula is C32H41N3O4S. The summed E-state index contributed by atoms with van der Waals surface area (Å²) < 4.78 is 26.9. The Bertz CT molecular complexity index is 1370. The molecule has 3 aromatic carbocycles. The maximum atomic E-state index is 14.1. The lowest BCUT2D eigenvalue weighted by molar-refractivity contribution is -0.140. The van der Waals surface area contributed by atoms with Crippen LogP contribution in [0.3, 0.4) is 0 Å². The van der Waals surface area contributed by atoms with Crippen LogP contribution in [-0.4, -0.2) is 50.0 Å². The molecule has 0 saturated heterocycles. The standard InChI is InChI=1S/C32H41N3O4S/c1-6-25(4)33-32(37)30(21-27-14-9-8-10-15-27)34(22-28-16-12-11-13-24(28)3)31(36)23-35(40(5,38)39)29-19-17-26(7-2)18-20-29/h8-20,25,30H,6-7,21-23H2,1-5H3,(H,33,37)/t25-,30+/m0/s1. The van der Waals surface area contributed by atoms with Gasteiger partial charge in [0.1, 0.15) is 12.6 Å². The first kappa shape index (κ1) is 30.9. The second-order valence-electron chi connectivity index (χ2n) is 10.3. The highest BCUT2D eigenvalue weighted by molar-refractivity contribution is 7.92. The molecule has 214 valence electrons. The molecular weight excluding hydrogens is 522 g/mol. The van der Waals surface area contributed by atoms with E-state index in [1.807, 2.05) is 94.4 Å². The van der Waals surface area contributed by atoms with Crippen LogP contribution in [0.5, 0.6) is 0 Å². The summed E-state index contributed by atoms with van der Waals surface area (Å²) >= 11 is 0. The van der Waals surface area contributed by atoms with Gasteiger partial charge in [-0.3, -0.25) is 13.9 Å². The fourth-order valence-corrected chi connectivity index (χ4v) is 5.33. The molecule has 0 aliphatic heterocycles. The first-order chi connectivity index (χ1) is 19.0. The maximum Gasteiger partial charge on any atom is 0.244 e. The molecule has 0 heterocycles. The van der Waals surface area contributed by atoms with E-state index in [4.69, 9.17) is 0 Å². The zero-order valence-corrected chi connectivity index (χ0v) is 24.9. The Labute approximate surface area is 239 Å². The highest BCUT2D eigenvalue weighted by atomic mass is 32.2. The molecule has 7 nitrogen and oxygen atoms in total. The summed E-state index contributed by atoms with van der Waals surface area (Å²) in [5.41, 5.74) is 4.26. The number of carbonyl (C=O) groups is 2. The summed E-state index contributed by atoms with van der Waals surface area (Å²) in [4.78, 5) is 29.4. The van der Waals surface area contributed by atoms with E-state index in [2.05, 4.69) is 5.32 Å². The fourth-order valence-electron chi connectivity index (χ4n) is 4.48. The quantitative estimate of drug-likeness (QED) is 0.321. The molecule has 8 heteroatoms. The second kappa shape index (κ2) is 14.1. The Morgan fingerprint density at radius 1 is 0.875 bits per heavy atom. The summed E-state index contributed by atoms with van der Waals surface area (Å²) in [6.07, 6.45) is 2.95. The van der Waals surface area contributed by atoms with Gasteiger partial charge >= 0.3 is 0 Å². The Morgan fingerprint density at radius 3 is 2.08 bits per heavy atom. The SMILES string of the molecule is CCc1ccc(N(CC(=O)N(Cc2ccccc2C)[C@H](Cc2ccccc2)C(=O)N[C@@H](C)CC)S(C)(=O)=O)cc1. The van der Waals surface area contributed by atoms with Crippen molar-refractivity contribution >= 4 is 27.5 Å². The maximum absolute atomic E-state index is 14.1. The minimum Gasteiger partial charge on any atom is -0.352 e. The van der Waals surface area contributed by atoms with Crippen LogP contribution in [0, 0.1) is 6.92 Å². The van der Waals surface area contributed by atoms with E-state index in [0.717, 1.165) is 45.7 Å². The lowest BCUT2D eigenvalue weighted by atomic mass is 10.0. The van der Waals surface area contributed by atoms with Crippen LogP contribution in [0.1, 0.15) is 49.4 Å². The molecule has 2 atom stereocenters. The Kier molecular flexibility index (Phi) is 10.9. The van der Waals surface area contributed by atoms with E-state index in [0.29, 0.717) is 12.1 Å². The topological polar surface area (TPSA) is 86.8 Å². The van der Waals surface area contributed by atoms with Gasteiger partial charge in [-0.1, -0.05) is 80.6 Å². The van der Waals surface area contributed by atoms with Crippen LogP contribution < -0.4 is 9.62 Å². The Hall–Kier alpha value is -3.65. The number of carbonyl (C=O) groups excluding carboxylic acids is 2. The number of nitrogens with one attached hydrogen (secondary N) is 1. The van der Waals surface area contributed by atoms with E-state index in [-0.39, 0.29) is 18.5 Å². The number of anilines is 1. The monoisotopic (exact) mass is 563 g/mol. The van der Waals surface area contributed by atoms with Gasteiger partial charge in [-0.25, -0.2) is 8.42 Å². The average Bonchev–Trinajstić information content (AvgIpc) is 2.94. The van der Waals surface area contributed by atoms with Gasteiger partial charge in [0.05, 0.1) is 11.9 Å². The molecule has 0 aromatic heterocycles. The van der Waals surface area contributed by atoms with Crippen LogP contribution >= 0.6 is 0 Å². The van der Waals surface area contributed by atoms with Gasteiger partial charge in [0, 0.05) is 19.0 Å². The highest BCUT2D eigenvalue weighted by Gasteiger charge is 2.33. The number of hydrogen-bond donors (Lipinski definition) is 1. The molecule has 0 bridgehead atoms. The average molecular weight is 564 g/mol. The minimum atomic E-state index is -3.79. The van der Waals surface area contributed by atoms with Gasteiger partial charge in [-0.05, 0) is 61.1 Å². The molecule has 3 rings (SSSR count). The number of benzene rings is 3. The fraction of sp³-hybridized carbons (Fsp3) is 0.375. The number of hydrogen-bond acceptors (Lipinski definition) is 4. The summed E-state index contributed by atoms with van der Waals surface area (Å²) in [5.74, 6) is -0.716. The van der Waals surface area contributed by atoms with E-state index in [9.17, 15) is 18.0 Å². The van der Waals surface area contributed by atoms with Crippen LogP contribution in [0.2, 0.25) is 0 Å². The van der Waals surface area contributed by atoms with Crippen molar-refractivity contribution in [3.8, 4) is 0 Å². The van der Waals surface area contributed by atoms with Gasteiger partial charge in [0.2, 0.25) is 21.8 Å². The number of sulfonamides is 1. The predicted molar refractivity (Wildman–Crippen MR) is 162 cm³/mol. The largest absolute Gasteiger partial charge is 0.352 e. The molecule has 2 amide bonds. The van der Waals surface area contributed by atoms with E-state index >= 15 is 0 Å². The highest BCUT2D eigenvalue weighted by Crippen LogP contribution is 2.22. The zero-order chi connectivity index (χ0) is 29.3. The first-order valence-corrected chi connectivity index (χ1v) is 15.6. The van der Waals surface area contributed by atoms with Crippen molar-refractivity contribution in [1.82, 2.24) is 10.2 Å². The van der Waals surface area contributed by atoms with E-state index < -0.39 is 28.5 Å². The lowest BCUT2D eigenvalue weighted by Crippen LogP contribution is -2.54. The van der Waals surface area contributed by atoms with Crippen molar-refractivity contribution in [1.29, 1.82) is 0 Å². The third-order valence-electron chi connectivity index (χ3n) is 7.19. The number of aryl methyl sites for hydroxylation is 2. The van der Waals surface area contributed by atoms with Gasteiger partial charge in [0.15, 0.2) is 0 Å². The van der Waals surface area contributed by atoms with Crippen LogP contribution in [-0.2, 0) is 39.0 Å². The zero-order valence-electron chi connectivity index (χ0n) is 24.1. The van der Waals surface area contributed by atoms with Crippen molar-refractivity contribution in [3.05, 3.63) is 101 Å². The molecule has 0 aliphatic carbocycles. The molecule has 0 saturated carbocycles. The predicted octanol–water partition coefficient (Wildman–Crippen LogP) is 4.88. The summed E-state index contributed by atoms with van der Waals surface area (Å²) in [6, 6.07) is 23.5. The van der Waals surface area contributed by atoms with Crippen molar-refractivity contribution in [2.45, 2.75) is 65.6 Å². The van der Waals surface area contributed by atoms with Crippen LogP contribution in [0.4, 0.5) is 5.69 Å². The molecule has 40 heavy (non-hydrogen) atoms. The van der Waals surface area contributed by atoms with Crippen molar-refractivity contribution in [2.24, 2.45) is 0 Å². The third kappa shape index (κ3) is 8.42. The van der Waals surface area contributed by atoms with Crippen molar-refractivity contribution in [3.63, 3.8) is 0 Å². The van der Waals surface area contributed by atoms with Gasteiger partial charge < -0.3 is 10.2 Å². The van der Waals surface area contributed by atoms with E-state index in [1.54, 1.807) is 12.1 Å². The molecule has 0 spiro atoms. The van der Waals surface area contributed by atoms with Crippen molar-refractivity contribution < 1.29 is 18.0 Å². The van der Waals surface area contributed by atoms with E-state index in [1.165, 1.54) is 4.90 Å². The van der Waals surface area contributed by atoms with Gasteiger partial charge in [-0.15, -0.1) is 0 Å². The second-order valence-corrected chi connectivity index (χ2v) is 12.2. The molecule has 3 aromatic rings. The number of rotatable bonds is 13. The molecule has 1 N–H and O–H groups in total. The summed E-state index contributed by atoms with van der Waals surface area (Å²) in [5, 5.41) is 3.05. The summed E-state index contributed by atoms with van der Waals surface area (Å²) in [6.45, 7) is 7.65. The lowest BCUT2D eigenvalue weighted by Gasteiger charge is -2.34. The summed E-state index contributed by atoms with van der Waals surface area (Å²) in [7, 11) is -3.79. The minimum absolute atomic E-state index is 0.0780. The third-order valence-corrected chi connectivity index (χ3v) is 8.33. The molecule has 0 unspecified atom stereocenters. The molecule has 0 radical (unpaired) electrons. The first-order valence-electron chi connectivity index (χ1n) is 13.8. The van der Waals surface area contributed by atoms with Crippen molar-refractivity contribution in [2.75, 3.05) is 17.1 Å². The Morgan fingerprint density at radius 2 is 1.50 bits per heavy atom. The van der Waals surface area contributed by atoms with Gasteiger partial charge in [0.25, 0.3) is 0 Å².